The number of benzene rings is 1. The van der Waals surface area contributed by atoms with Gasteiger partial charge in [-0.05, 0) is 24.3 Å². The first-order valence-corrected chi connectivity index (χ1v) is 4.26. The minimum atomic E-state index is 0.561. The maximum atomic E-state index is 5.68. The molecule has 0 bridgehead atoms. The molecule has 0 saturated carbocycles. The van der Waals surface area contributed by atoms with Gasteiger partial charge in [0.15, 0.2) is 0 Å². The van der Waals surface area contributed by atoms with Gasteiger partial charge in [-0.25, -0.2) is 0 Å². The number of nitrogens with zero attached hydrogens (tertiary/aromatic N) is 1. The summed E-state index contributed by atoms with van der Waals surface area (Å²) in [5, 5.41) is 1.16. The molecule has 0 spiro atoms. The zero-order valence-electron chi connectivity index (χ0n) is 7.62. The van der Waals surface area contributed by atoms with Crippen LogP contribution in [-0.2, 0) is 13.6 Å². The molecule has 3 nitrogen and oxygen atoms in total. The Hall–Kier alpha value is -1.48. The lowest BCUT2D eigenvalue weighted by atomic mass is 10.2. The third kappa shape index (κ3) is 1.17. The molecule has 0 atom stereocenters. The average molecular weight is 175 g/mol. The van der Waals surface area contributed by atoms with Crippen molar-refractivity contribution in [3.8, 4) is 0 Å². The lowest BCUT2D eigenvalue weighted by molar-refractivity contribution is 0.849. The van der Waals surface area contributed by atoms with Crippen molar-refractivity contribution in [2.75, 3.05) is 5.73 Å². The van der Waals surface area contributed by atoms with E-state index in [1.807, 2.05) is 25.2 Å². The first kappa shape index (κ1) is 8.13. The van der Waals surface area contributed by atoms with Gasteiger partial charge < -0.3 is 16.0 Å². The second kappa shape index (κ2) is 2.78. The highest BCUT2D eigenvalue weighted by atomic mass is 15.0. The van der Waals surface area contributed by atoms with Gasteiger partial charge in [-0.3, -0.25) is 0 Å². The molecule has 0 unspecified atom stereocenters. The second-order valence-electron chi connectivity index (χ2n) is 3.22. The standard InChI is InChI=1S/C10H13N3/c1-13-9(6-11)5-7-4-8(12)2-3-10(7)13/h2-5H,6,11-12H2,1H3. The number of hydrogen-bond donors (Lipinski definition) is 2. The molecule has 0 aliphatic rings. The lowest BCUT2D eigenvalue weighted by Crippen LogP contribution is -2.02. The van der Waals surface area contributed by atoms with E-state index in [1.54, 1.807) is 0 Å². The molecule has 0 aliphatic carbocycles. The summed E-state index contributed by atoms with van der Waals surface area (Å²) in [7, 11) is 2.01. The minimum Gasteiger partial charge on any atom is -0.399 e. The molecule has 1 aromatic carbocycles. The van der Waals surface area contributed by atoms with Crippen molar-refractivity contribution >= 4 is 16.6 Å². The van der Waals surface area contributed by atoms with Gasteiger partial charge in [-0.2, -0.15) is 0 Å². The zero-order valence-corrected chi connectivity index (χ0v) is 7.62. The number of nitrogens with two attached hydrogens (primary N) is 2. The third-order valence-electron chi connectivity index (χ3n) is 2.38. The molecule has 13 heavy (non-hydrogen) atoms. The Morgan fingerprint density at radius 3 is 2.77 bits per heavy atom. The van der Waals surface area contributed by atoms with Gasteiger partial charge >= 0.3 is 0 Å². The maximum Gasteiger partial charge on any atom is 0.0481 e. The Bertz CT molecular complexity index is 443. The molecule has 2 aromatic rings. The fourth-order valence-corrected chi connectivity index (χ4v) is 1.62. The van der Waals surface area contributed by atoms with Gasteiger partial charge in [-0.15, -0.1) is 0 Å². The van der Waals surface area contributed by atoms with Crippen LogP contribution in [0.25, 0.3) is 10.9 Å². The molecule has 4 N–H and O–H groups in total. The van der Waals surface area contributed by atoms with Crippen LogP contribution < -0.4 is 11.5 Å². The molecule has 68 valence electrons. The summed E-state index contributed by atoms with van der Waals surface area (Å²) < 4.78 is 2.09. The van der Waals surface area contributed by atoms with Crippen LogP contribution in [-0.4, -0.2) is 4.57 Å². The van der Waals surface area contributed by atoms with Crippen LogP contribution in [0.4, 0.5) is 5.69 Å². The van der Waals surface area contributed by atoms with E-state index in [-0.39, 0.29) is 0 Å². The van der Waals surface area contributed by atoms with Gasteiger partial charge in [0.05, 0.1) is 0 Å². The van der Waals surface area contributed by atoms with Crippen molar-refractivity contribution in [2.45, 2.75) is 6.54 Å². The van der Waals surface area contributed by atoms with Crippen molar-refractivity contribution < 1.29 is 0 Å². The predicted molar refractivity (Wildman–Crippen MR) is 55.2 cm³/mol. The Kier molecular flexibility index (Phi) is 1.74. The lowest BCUT2D eigenvalue weighted by Gasteiger charge is -2.00. The Balaban J connectivity index is 2.76. The second-order valence-corrected chi connectivity index (χ2v) is 3.22. The summed E-state index contributed by atoms with van der Waals surface area (Å²) in [6.45, 7) is 0.561. The first-order chi connectivity index (χ1) is 6.22. The summed E-state index contributed by atoms with van der Waals surface area (Å²) in [5.41, 5.74) is 14.4. The van der Waals surface area contributed by atoms with E-state index in [0.29, 0.717) is 6.54 Å². The van der Waals surface area contributed by atoms with Crippen molar-refractivity contribution in [1.29, 1.82) is 0 Å². The molecule has 2 rings (SSSR count). The van der Waals surface area contributed by atoms with Crippen LogP contribution in [0.2, 0.25) is 0 Å². The van der Waals surface area contributed by atoms with E-state index >= 15 is 0 Å². The molecule has 0 radical (unpaired) electrons. The van der Waals surface area contributed by atoms with E-state index in [2.05, 4.69) is 10.6 Å². The van der Waals surface area contributed by atoms with E-state index in [9.17, 15) is 0 Å². The normalized spacial score (nSPS) is 10.9. The molecule has 0 amide bonds. The first-order valence-electron chi connectivity index (χ1n) is 4.26. The van der Waals surface area contributed by atoms with E-state index < -0.39 is 0 Å². The van der Waals surface area contributed by atoms with Gasteiger partial charge in [0.1, 0.15) is 0 Å². The van der Waals surface area contributed by atoms with Crippen molar-refractivity contribution in [2.24, 2.45) is 12.8 Å². The van der Waals surface area contributed by atoms with Gasteiger partial charge in [0.2, 0.25) is 0 Å². The number of hydrogen-bond acceptors (Lipinski definition) is 2. The number of rotatable bonds is 1. The number of anilines is 1. The molecule has 1 aromatic heterocycles. The highest BCUT2D eigenvalue weighted by Crippen LogP contribution is 2.20. The van der Waals surface area contributed by atoms with E-state index in [0.717, 1.165) is 16.8 Å². The van der Waals surface area contributed by atoms with Gasteiger partial charge in [0, 0.05) is 35.9 Å². The van der Waals surface area contributed by atoms with Crippen LogP contribution in [0.5, 0.6) is 0 Å². The van der Waals surface area contributed by atoms with Crippen molar-refractivity contribution in [3.63, 3.8) is 0 Å². The summed E-state index contributed by atoms with van der Waals surface area (Å²) in [4.78, 5) is 0. The van der Waals surface area contributed by atoms with Crippen molar-refractivity contribution in [3.05, 3.63) is 30.0 Å². The highest BCUT2D eigenvalue weighted by Gasteiger charge is 2.03. The Morgan fingerprint density at radius 1 is 1.31 bits per heavy atom. The molecule has 3 heteroatoms. The van der Waals surface area contributed by atoms with Gasteiger partial charge in [-0.1, -0.05) is 0 Å². The number of aromatic nitrogens is 1. The highest BCUT2D eigenvalue weighted by molar-refractivity contribution is 5.84. The SMILES string of the molecule is Cn1c(CN)cc2cc(N)ccc21. The van der Waals surface area contributed by atoms with E-state index in [1.165, 1.54) is 5.52 Å². The molecule has 1 heterocycles. The Morgan fingerprint density at radius 2 is 2.08 bits per heavy atom. The van der Waals surface area contributed by atoms with Crippen LogP contribution in [0, 0.1) is 0 Å². The zero-order chi connectivity index (χ0) is 9.42. The minimum absolute atomic E-state index is 0.561. The summed E-state index contributed by atoms with van der Waals surface area (Å²) in [6.07, 6.45) is 0. The van der Waals surface area contributed by atoms with Crippen LogP contribution in [0.1, 0.15) is 5.69 Å². The summed E-state index contributed by atoms with van der Waals surface area (Å²) >= 11 is 0. The average Bonchev–Trinajstić information content (AvgIpc) is 2.42. The summed E-state index contributed by atoms with van der Waals surface area (Å²) in [5.74, 6) is 0. The number of aryl methyl sites for hydroxylation is 1. The van der Waals surface area contributed by atoms with E-state index in [4.69, 9.17) is 11.5 Å². The monoisotopic (exact) mass is 175 g/mol. The predicted octanol–water partition coefficient (Wildman–Crippen LogP) is 1.22. The van der Waals surface area contributed by atoms with Crippen LogP contribution in [0.3, 0.4) is 0 Å². The number of nitrogen functional groups attached to an aromatic ring is 1. The van der Waals surface area contributed by atoms with Crippen LogP contribution >= 0.6 is 0 Å². The summed E-state index contributed by atoms with van der Waals surface area (Å²) in [6, 6.07) is 7.96. The molecule has 0 saturated heterocycles. The fraction of sp³-hybridized carbons (Fsp3) is 0.200. The van der Waals surface area contributed by atoms with Gasteiger partial charge in [0.25, 0.3) is 0 Å². The largest absolute Gasteiger partial charge is 0.399 e. The Labute approximate surface area is 76.9 Å². The van der Waals surface area contributed by atoms with Crippen molar-refractivity contribution in [1.82, 2.24) is 4.57 Å². The number of fused-ring (bicyclic) bond motifs is 1. The van der Waals surface area contributed by atoms with Crippen LogP contribution in [0.15, 0.2) is 24.3 Å². The molecular weight excluding hydrogens is 162 g/mol. The molecule has 0 fully saturated rings. The maximum absolute atomic E-state index is 5.68. The molecular formula is C10H13N3. The topological polar surface area (TPSA) is 57.0 Å². The molecule has 0 aliphatic heterocycles. The third-order valence-corrected chi connectivity index (χ3v) is 2.38. The fourth-order valence-electron chi connectivity index (χ4n) is 1.62. The quantitative estimate of drug-likeness (QED) is 0.640. The smallest absolute Gasteiger partial charge is 0.0481 e.